The van der Waals surface area contributed by atoms with E-state index in [4.69, 9.17) is 4.42 Å². The van der Waals surface area contributed by atoms with Crippen LogP contribution in [0.3, 0.4) is 0 Å². The molecule has 2 N–H and O–H groups in total. The summed E-state index contributed by atoms with van der Waals surface area (Å²) in [7, 11) is 0. The lowest BCUT2D eigenvalue weighted by molar-refractivity contribution is -0.119. The molecular formula is C20H16FN3O3S2. The topological polar surface area (TPSA) is 84.2 Å². The zero-order valence-corrected chi connectivity index (χ0v) is 17.2. The number of fused-ring (bicyclic) bond motifs is 1. The van der Waals surface area contributed by atoms with Crippen LogP contribution in [0.5, 0.6) is 0 Å². The van der Waals surface area contributed by atoms with Crippen LogP contribution in [0.2, 0.25) is 0 Å². The molecule has 1 aromatic carbocycles. The number of amides is 2. The number of furan rings is 1. The monoisotopic (exact) mass is 429 g/mol. The third kappa shape index (κ3) is 3.92. The molecule has 6 nitrogen and oxygen atoms in total. The Morgan fingerprint density at radius 1 is 1.24 bits per heavy atom. The normalized spacial score (nSPS) is 11.0. The van der Waals surface area contributed by atoms with Crippen molar-refractivity contribution in [1.29, 1.82) is 0 Å². The predicted molar refractivity (Wildman–Crippen MR) is 112 cm³/mol. The van der Waals surface area contributed by atoms with Gasteiger partial charge in [0.05, 0.1) is 11.4 Å². The van der Waals surface area contributed by atoms with Gasteiger partial charge in [-0.05, 0) is 36.8 Å². The Morgan fingerprint density at radius 3 is 2.83 bits per heavy atom. The fourth-order valence-corrected chi connectivity index (χ4v) is 4.70. The van der Waals surface area contributed by atoms with Crippen LogP contribution in [0, 0.1) is 12.7 Å². The molecule has 0 aliphatic rings. The van der Waals surface area contributed by atoms with Crippen LogP contribution in [-0.4, -0.2) is 16.8 Å². The van der Waals surface area contributed by atoms with Gasteiger partial charge in [0.2, 0.25) is 5.91 Å². The minimum absolute atomic E-state index is 0.141. The van der Waals surface area contributed by atoms with Crippen LogP contribution in [0.1, 0.15) is 27.9 Å². The number of carbonyl (C=O) groups is 2. The smallest absolute Gasteiger partial charge is 0.267 e. The Hall–Kier alpha value is -3.04. The minimum atomic E-state index is -0.334. The SMILES string of the molecule is CC(=O)NCc1ccc(-c2csc(NC(=O)c3sc4cccc(F)c4c3C)n2)o1. The lowest BCUT2D eigenvalue weighted by Gasteiger charge is -2.00. The van der Waals surface area contributed by atoms with Gasteiger partial charge in [0.25, 0.3) is 5.91 Å². The number of hydrogen-bond acceptors (Lipinski definition) is 6. The first kappa shape index (κ1) is 19.3. The maximum absolute atomic E-state index is 14.1. The number of rotatable bonds is 5. The van der Waals surface area contributed by atoms with E-state index in [1.807, 2.05) is 0 Å². The maximum Gasteiger partial charge on any atom is 0.267 e. The van der Waals surface area contributed by atoms with E-state index in [1.54, 1.807) is 36.6 Å². The Balaban J connectivity index is 1.51. The molecular weight excluding hydrogens is 413 g/mol. The van der Waals surface area contributed by atoms with E-state index in [1.165, 1.54) is 35.7 Å². The predicted octanol–water partition coefficient (Wildman–Crippen LogP) is 4.95. The van der Waals surface area contributed by atoms with Gasteiger partial charge >= 0.3 is 0 Å². The minimum Gasteiger partial charge on any atom is -0.458 e. The molecule has 9 heteroatoms. The molecule has 29 heavy (non-hydrogen) atoms. The first-order valence-corrected chi connectivity index (χ1v) is 10.4. The number of aryl methyl sites for hydroxylation is 1. The van der Waals surface area contributed by atoms with Crippen LogP contribution >= 0.6 is 22.7 Å². The highest BCUT2D eigenvalue weighted by Gasteiger charge is 2.19. The van der Waals surface area contributed by atoms with Crippen molar-refractivity contribution in [3.05, 3.63) is 57.7 Å². The van der Waals surface area contributed by atoms with Crippen LogP contribution in [0.4, 0.5) is 9.52 Å². The quantitative estimate of drug-likeness (QED) is 0.470. The van der Waals surface area contributed by atoms with E-state index in [-0.39, 0.29) is 17.6 Å². The average Bonchev–Trinajstić information content (AvgIpc) is 3.39. The summed E-state index contributed by atoms with van der Waals surface area (Å²) in [4.78, 5) is 28.5. The number of hydrogen-bond donors (Lipinski definition) is 2. The molecule has 4 aromatic rings. The highest BCUT2D eigenvalue weighted by atomic mass is 32.1. The first-order chi connectivity index (χ1) is 13.9. The fraction of sp³-hybridized carbons (Fsp3) is 0.150. The molecule has 4 rings (SSSR count). The number of aromatic nitrogens is 1. The summed E-state index contributed by atoms with van der Waals surface area (Å²) >= 11 is 2.52. The summed E-state index contributed by atoms with van der Waals surface area (Å²) < 4.78 is 20.5. The Morgan fingerprint density at radius 2 is 2.07 bits per heavy atom. The number of halogens is 1. The van der Waals surface area contributed by atoms with E-state index < -0.39 is 0 Å². The van der Waals surface area contributed by atoms with Crippen molar-refractivity contribution in [2.75, 3.05) is 5.32 Å². The number of benzene rings is 1. The molecule has 0 bridgehead atoms. The van der Waals surface area contributed by atoms with Gasteiger partial charge in [0, 0.05) is 22.4 Å². The molecule has 0 atom stereocenters. The lowest BCUT2D eigenvalue weighted by atomic mass is 10.1. The molecule has 0 spiro atoms. The number of thiophene rings is 1. The number of carbonyl (C=O) groups excluding carboxylic acids is 2. The van der Waals surface area contributed by atoms with E-state index in [9.17, 15) is 14.0 Å². The van der Waals surface area contributed by atoms with Crippen molar-refractivity contribution < 1.29 is 18.4 Å². The zero-order chi connectivity index (χ0) is 20.5. The van der Waals surface area contributed by atoms with Crippen molar-refractivity contribution in [2.24, 2.45) is 0 Å². The average molecular weight is 429 g/mol. The van der Waals surface area contributed by atoms with Crippen molar-refractivity contribution in [2.45, 2.75) is 20.4 Å². The molecule has 0 aliphatic carbocycles. The van der Waals surface area contributed by atoms with Crippen molar-refractivity contribution >= 4 is 49.7 Å². The molecule has 0 saturated heterocycles. The zero-order valence-electron chi connectivity index (χ0n) is 15.5. The molecule has 2 amide bonds. The van der Waals surface area contributed by atoms with E-state index in [2.05, 4.69) is 15.6 Å². The van der Waals surface area contributed by atoms with E-state index >= 15 is 0 Å². The highest BCUT2D eigenvalue weighted by Crippen LogP contribution is 2.33. The van der Waals surface area contributed by atoms with Gasteiger partial charge < -0.3 is 9.73 Å². The molecule has 0 radical (unpaired) electrons. The van der Waals surface area contributed by atoms with Crippen LogP contribution in [-0.2, 0) is 11.3 Å². The highest BCUT2D eigenvalue weighted by molar-refractivity contribution is 7.21. The van der Waals surface area contributed by atoms with Gasteiger partial charge in [-0.1, -0.05) is 6.07 Å². The number of nitrogens with one attached hydrogen (secondary N) is 2. The molecule has 3 aromatic heterocycles. The van der Waals surface area contributed by atoms with Gasteiger partial charge in [-0.2, -0.15) is 0 Å². The molecule has 0 unspecified atom stereocenters. The molecule has 0 fully saturated rings. The Bertz CT molecular complexity index is 1220. The standard InChI is InChI=1S/C20H16FN3O3S2/c1-10-17-13(21)4-3-5-16(17)29-18(10)19(26)24-20-23-14(9-28-20)15-7-6-12(27-15)8-22-11(2)25/h3-7,9H,8H2,1-2H3,(H,22,25)(H,23,24,26). The summed E-state index contributed by atoms with van der Waals surface area (Å²) in [5.74, 6) is 0.353. The number of thiazole rings is 1. The van der Waals surface area contributed by atoms with Gasteiger partial charge in [-0.3, -0.25) is 14.9 Å². The fourth-order valence-electron chi connectivity index (χ4n) is 2.89. The van der Waals surface area contributed by atoms with Crippen molar-refractivity contribution in [3.8, 4) is 11.5 Å². The van der Waals surface area contributed by atoms with E-state index in [0.717, 1.165) is 4.70 Å². The second-order valence-corrected chi connectivity index (χ2v) is 8.25. The Kier molecular flexibility index (Phi) is 5.16. The van der Waals surface area contributed by atoms with E-state index in [0.29, 0.717) is 44.7 Å². The van der Waals surface area contributed by atoms with Crippen LogP contribution in [0.15, 0.2) is 40.1 Å². The largest absolute Gasteiger partial charge is 0.458 e. The number of anilines is 1. The number of nitrogens with zero attached hydrogens (tertiary/aromatic N) is 1. The van der Waals surface area contributed by atoms with Crippen LogP contribution in [0.25, 0.3) is 21.5 Å². The van der Waals surface area contributed by atoms with Gasteiger partial charge in [-0.15, -0.1) is 22.7 Å². The molecule has 0 saturated carbocycles. The van der Waals surface area contributed by atoms with Gasteiger partial charge in [0.1, 0.15) is 17.3 Å². The summed E-state index contributed by atoms with van der Waals surface area (Å²) in [5, 5.41) is 8.10. The van der Waals surface area contributed by atoms with Gasteiger partial charge in [-0.25, -0.2) is 9.37 Å². The third-order valence-corrected chi connectivity index (χ3v) is 6.27. The molecule has 148 valence electrons. The summed E-state index contributed by atoms with van der Waals surface area (Å²) in [5.41, 5.74) is 1.20. The second kappa shape index (κ2) is 7.76. The van der Waals surface area contributed by atoms with Gasteiger partial charge in [0.15, 0.2) is 10.9 Å². The summed E-state index contributed by atoms with van der Waals surface area (Å²) in [6.45, 7) is 3.47. The summed E-state index contributed by atoms with van der Waals surface area (Å²) in [6.07, 6.45) is 0. The van der Waals surface area contributed by atoms with Crippen molar-refractivity contribution in [1.82, 2.24) is 10.3 Å². The van der Waals surface area contributed by atoms with Crippen LogP contribution < -0.4 is 10.6 Å². The maximum atomic E-state index is 14.1. The second-order valence-electron chi connectivity index (χ2n) is 6.34. The van der Waals surface area contributed by atoms with Crippen molar-refractivity contribution in [3.63, 3.8) is 0 Å². The lowest BCUT2D eigenvalue weighted by Crippen LogP contribution is -2.18. The molecule has 3 heterocycles. The first-order valence-electron chi connectivity index (χ1n) is 8.70. The Labute approximate surface area is 173 Å². The molecule has 0 aliphatic heterocycles. The third-order valence-electron chi connectivity index (χ3n) is 4.26. The summed E-state index contributed by atoms with van der Waals surface area (Å²) in [6, 6.07) is 8.34.